The van der Waals surface area contributed by atoms with Crippen LogP contribution in [-0.4, -0.2) is 29.8 Å². The van der Waals surface area contributed by atoms with Crippen molar-refractivity contribution in [2.24, 2.45) is 0 Å². The van der Waals surface area contributed by atoms with E-state index in [1.807, 2.05) is 0 Å². The second kappa shape index (κ2) is 5.64. The minimum Gasteiger partial charge on any atom is -0.396 e. The third-order valence-corrected chi connectivity index (χ3v) is 1.34. The zero-order chi connectivity index (χ0) is 11.2. The highest BCUT2D eigenvalue weighted by molar-refractivity contribution is 5.82. The number of carbonyl (C=O) groups excluding carboxylic acids is 1. The molecule has 0 aliphatic carbocycles. The van der Waals surface area contributed by atoms with Gasteiger partial charge in [-0.05, 0) is 13.3 Å². The lowest BCUT2D eigenvalue weighted by atomic mass is 10.2. The first-order valence-electron chi connectivity index (χ1n) is 4.03. The fourth-order valence-electron chi connectivity index (χ4n) is 0.712. The summed E-state index contributed by atoms with van der Waals surface area (Å²) >= 11 is 0. The third kappa shape index (κ3) is 5.58. The number of halogens is 3. The van der Waals surface area contributed by atoms with Crippen molar-refractivity contribution < 1.29 is 23.1 Å². The van der Waals surface area contributed by atoms with Gasteiger partial charge in [-0.1, -0.05) is 12.2 Å². The van der Waals surface area contributed by atoms with E-state index < -0.39 is 18.1 Å². The maximum atomic E-state index is 11.7. The van der Waals surface area contributed by atoms with Crippen molar-refractivity contribution in [3.05, 3.63) is 12.2 Å². The van der Waals surface area contributed by atoms with Crippen molar-refractivity contribution in [2.75, 3.05) is 6.61 Å². The molecule has 0 aromatic heterocycles. The number of hydrogen-bond acceptors (Lipinski definition) is 2. The summed E-state index contributed by atoms with van der Waals surface area (Å²) < 4.78 is 35.2. The van der Waals surface area contributed by atoms with Crippen molar-refractivity contribution in [1.82, 2.24) is 5.32 Å². The number of amides is 1. The topological polar surface area (TPSA) is 49.3 Å². The number of carbonyl (C=O) groups is 1. The predicted octanol–water partition coefficient (Wildman–Crippen LogP) is 0.992. The van der Waals surface area contributed by atoms with Crippen LogP contribution in [0.3, 0.4) is 0 Å². The predicted molar refractivity (Wildman–Crippen MR) is 44.5 cm³/mol. The monoisotopic (exact) mass is 211 g/mol. The Balaban J connectivity index is 3.95. The molecule has 82 valence electrons. The lowest BCUT2D eigenvalue weighted by Crippen LogP contribution is -2.41. The highest BCUT2D eigenvalue weighted by atomic mass is 19.4. The Hall–Kier alpha value is -1.04. The SMILES string of the molecule is C[C@@H](/C=C\CCO)NC(=O)C(F)(F)F. The van der Waals surface area contributed by atoms with E-state index in [1.165, 1.54) is 19.1 Å². The molecule has 2 N–H and O–H groups in total. The molecule has 3 nitrogen and oxygen atoms in total. The van der Waals surface area contributed by atoms with Gasteiger partial charge in [0.2, 0.25) is 0 Å². The summed E-state index contributed by atoms with van der Waals surface area (Å²) in [5, 5.41) is 10.1. The molecule has 0 spiro atoms. The van der Waals surface area contributed by atoms with E-state index in [1.54, 1.807) is 5.32 Å². The molecule has 1 amide bonds. The van der Waals surface area contributed by atoms with Crippen molar-refractivity contribution in [3.8, 4) is 0 Å². The van der Waals surface area contributed by atoms with Crippen LogP contribution in [0.25, 0.3) is 0 Å². The van der Waals surface area contributed by atoms with E-state index >= 15 is 0 Å². The van der Waals surface area contributed by atoms with Crippen LogP contribution in [0.5, 0.6) is 0 Å². The average Bonchev–Trinajstić information content (AvgIpc) is 2.03. The smallest absolute Gasteiger partial charge is 0.396 e. The Morgan fingerprint density at radius 2 is 2.14 bits per heavy atom. The zero-order valence-electron chi connectivity index (χ0n) is 7.64. The number of rotatable bonds is 4. The van der Waals surface area contributed by atoms with Gasteiger partial charge in [0.25, 0.3) is 0 Å². The molecule has 0 unspecified atom stereocenters. The van der Waals surface area contributed by atoms with Gasteiger partial charge in [-0.25, -0.2) is 0 Å². The molecule has 0 bridgehead atoms. The molecule has 6 heteroatoms. The molecule has 14 heavy (non-hydrogen) atoms. The van der Waals surface area contributed by atoms with Gasteiger partial charge in [-0.15, -0.1) is 0 Å². The van der Waals surface area contributed by atoms with Gasteiger partial charge < -0.3 is 10.4 Å². The maximum Gasteiger partial charge on any atom is 0.471 e. The summed E-state index contributed by atoms with van der Waals surface area (Å²) in [6.45, 7) is 1.34. The number of aliphatic hydroxyl groups is 1. The lowest BCUT2D eigenvalue weighted by molar-refractivity contribution is -0.173. The molecule has 0 rings (SSSR count). The van der Waals surface area contributed by atoms with Gasteiger partial charge in [0.1, 0.15) is 0 Å². The van der Waals surface area contributed by atoms with Crippen LogP contribution in [0, 0.1) is 0 Å². The summed E-state index contributed by atoms with van der Waals surface area (Å²) in [6, 6.07) is -0.698. The molecular formula is C8H12F3NO2. The Morgan fingerprint density at radius 1 is 1.57 bits per heavy atom. The molecule has 0 fully saturated rings. The van der Waals surface area contributed by atoms with Crippen LogP contribution in [0.1, 0.15) is 13.3 Å². The van der Waals surface area contributed by atoms with E-state index in [2.05, 4.69) is 0 Å². The van der Waals surface area contributed by atoms with Crippen LogP contribution in [0.4, 0.5) is 13.2 Å². The molecule has 0 aromatic rings. The number of nitrogens with one attached hydrogen (secondary N) is 1. The fraction of sp³-hybridized carbons (Fsp3) is 0.625. The fourth-order valence-corrected chi connectivity index (χ4v) is 0.712. The maximum absolute atomic E-state index is 11.7. The second-order valence-corrected chi connectivity index (χ2v) is 2.70. The van der Waals surface area contributed by atoms with Crippen LogP contribution in [-0.2, 0) is 4.79 Å². The van der Waals surface area contributed by atoms with E-state index in [0.717, 1.165) is 0 Å². The van der Waals surface area contributed by atoms with Gasteiger partial charge in [0.05, 0.1) is 0 Å². The van der Waals surface area contributed by atoms with E-state index in [0.29, 0.717) is 6.42 Å². The molecule has 0 aromatic carbocycles. The second-order valence-electron chi connectivity index (χ2n) is 2.70. The average molecular weight is 211 g/mol. The van der Waals surface area contributed by atoms with Crippen LogP contribution in [0.2, 0.25) is 0 Å². The minimum absolute atomic E-state index is 0.0730. The molecule has 0 heterocycles. The quantitative estimate of drug-likeness (QED) is 0.681. The molecule has 0 radical (unpaired) electrons. The largest absolute Gasteiger partial charge is 0.471 e. The van der Waals surface area contributed by atoms with Crippen LogP contribution >= 0.6 is 0 Å². The summed E-state index contributed by atoms with van der Waals surface area (Å²) in [5.41, 5.74) is 0. The Kier molecular flexibility index (Phi) is 5.22. The van der Waals surface area contributed by atoms with Gasteiger partial charge >= 0.3 is 12.1 Å². The van der Waals surface area contributed by atoms with E-state index in [-0.39, 0.29) is 6.61 Å². The first kappa shape index (κ1) is 13.0. The Labute approximate surface area is 79.6 Å². The first-order valence-corrected chi connectivity index (χ1v) is 4.03. The Morgan fingerprint density at radius 3 is 2.57 bits per heavy atom. The van der Waals surface area contributed by atoms with E-state index in [9.17, 15) is 18.0 Å². The molecule has 0 saturated carbocycles. The molecule has 0 saturated heterocycles. The normalized spacial score (nSPS) is 14.4. The summed E-state index contributed by atoms with van der Waals surface area (Å²) in [5.74, 6) is -1.96. The lowest BCUT2D eigenvalue weighted by Gasteiger charge is -2.11. The van der Waals surface area contributed by atoms with Gasteiger partial charge in [-0.3, -0.25) is 4.79 Å². The van der Waals surface area contributed by atoms with Crippen LogP contribution < -0.4 is 5.32 Å². The third-order valence-electron chi connectivity index (χ3n) is 1.34. The standard InChI is InChI=1S/C8H12F3NO2/c1-6(4-2-3-5-13)12-7(14)8(9,10)11/h2,4,6,13H,3,5H2,1H3,(H,12,14)/b4-2-/t6-/m0/s1. The first-order chi connectivity index (χ1) is 6.38. The summed E-state index contributed by atoms with van der Waals surface area (Å²) in [4.78, 5) is 10.4. The van der Waals surface area contributed by atoms with Crippen molar-refractivity contribution in [3.63, 3.8) is 0 Å². The molecule has 1 atom stereocenters. The molecule has 0 aliphatic rings. The number of hydrogen-bond donors (Lipinski definition) is 2. The van der Waals surface area contributed by atoms with Gasteiger partial charge in [0, 0.05) is 12.6 Å². The van der Waals surface area contributed by atoms with Gasteiger partial charge in [0.15, 0.2) is 0 Å². The number of alkyl halides is 3. The van der Waals surface area contributed by atoms with Crippen molar-refractivity contribution in [2.45, 2.75) is 25.6 Å². The molecule has 0 aliphatic heterocycles. The minimum atomic E-state index is -4.85. The van der Waals surface area contributed by atoms with Crippen molar-refractivity contribution >= 4 is 5.91 Å². The van der Waals surface area contributed by atoms with E-state index in [4.69, 9.17) is 5.11 Å². The Bertz CT molecular complexity index is 213. The highest BCUT2D eigenvalue weighted by Gasteiger charge is 2.38. The van der Waals surface area contributed by atoms with Crippen molar-refractivity contribution in [1.29, 1.82) is 0 Å². The zero-order valence-corrected chi connectivity index (χ0v) is 7.64. The number of aliphatic hydroxyl groups excluding tert-OH is 1. The molecular weight excluding hydrogens is 199 g/mol. The van der Waals surface area contributed by atoms with Crippen LogP contribution in [0.15, 0.2) is 12.2 Å². The van der Waals surface area contributed by atoms with Gasteiger partial charge in [-0.2, -0.15) is 13.2 Å². The summed E-state index contributed by atoms with van der Waals surface area (Å²) in [7, 11) is 0. The highest BCUT2D eigenvalue weighted by Crippen LogP contribution is 2.14. The summed E-state index contributed by atoms with van der Waals surface area (Å²) in [6.07, 6.45) is -1.60.